The van der Waals surface area contributed by atoms with E-state index in [2.05, 4.69) is 15.3 Å². The Balaban J connectivity index is 2.82. The van der Waals surface area contributed by atoms with Gasteiger partial charge in [0, 0.05) is 12.1 Å². The van der Waals surface area contributed by atoms with Crippen molar-refractivity contribution in [3.05, 3.63) is 29.8 Å². The van der Waals surface area contributed by atoms with Crippen LogP contribution < -0.4 is 10.5 Å². The first-order valence-corrected chi connectivity index (χ1v) is 6.09. The van der Waals surface area contributed by atoms with Crippen LogP contribution in [0.25, 0.3) is 0 Å². The molecule has 1 rings (SSSR count). The second-order valence-corrected chi connectivity index (χ2v) is 4.31. The lowest BCUT2D eigenvalue weighted by atomic mass is 9.88. The molecule has 0 saturated carbocycles. The smallest absolute Gasteiger partial charge is 0.406 e. The molecule has 0 aliphatic rings. The van der Waals surface area contributed by atoms with E-state index in [1.165, 1.54) is 7.11 Å². The summed E-state index contributed by atoms with van der Waals surface area (Å²) in [5, 5.41) is 14.4. The number of esters is 1. The minimum atomic E-state index is -0.848. The molecule has 6 nitrogen and oxygen atoms in total. The Hall–Kier alpha value is -1.95. The Morgan fingerprint density at radius 3 is 2.75 bits per heavy atom. The average molecular weight is 274 g/mol. The van der Waals surface area contributed by atoms with E-state index in [4.69, 9.17) is 7.85 Å². The van der Waals surface area contributed by atoms with E-state index in [1.807, 2.05) is 0 Å². The van der Waals surface area contributed by atoms with Crippen LogP contribution in [0.3, 0.4) is 0 Å². The standard InChI is InChI=1S/C12H16B2N2O4/c1-14(19)16-9-5-3-4-8(6-9)7-10(11(17)20-2)15-12(13)18/h3-6,10,16,19H,7H2,1-2H3,(H,15,18)/t10-/m0/s1. The molecule has 0 fully saturated rings. The van der Waals surface area contributed by atoms with E-state index in [0.717, 1.165) is 5.56 Å². The van der Waals surface area contributed by atoms with Gasteiger partial charge in [-0.05, 0) is 24.5 Å². The molecule has 1 aromatic rings. The summed E-state index contributed by atoms with van der Waals surface area (Å²) in [5.74, 6) is -1.36. The number of ether oxygens (including phenoxy) is 1. The van der Waals surface area contributed by atoms with Crippen molar-refractivity contribution >= 4 is 32.4 Å². The molecule has 0 bridgehead atoms. The number of carbonyl (C=O) groups excluding carboxylic acids is 2. The van der Waals surface area contributed by atoms with Crippen molar-refractivity contribution in [2.75, 3.05) is 12.3 Å². The first-order valence-electron chi connectivity index (χ1n) is 6.09. The molecule has 1 amide bonds. The summed E-state index contributed by atoms with van der Waals surface area (Å²) >= 11 is 0. The number of carbonyl (C=O) groups is 2. The predicted octanol–water partition coefficient (Wildman–Crippen LogP) is 0.171. The van der Waals surface area contributed by atoms with E-state index >= 15 is 0 Å². The van der Waals surface area contributed by atoms with E-state index in [1.54, 1.807) is 31.1 Å². The average Bonchev–Trinajstić information content (AvgIpc) is 2.36. The van der Waals surface area contributed by atoms with Crippen molar-refractivity contribution < 1.29 is 19.3 Å². The Morgan fingerprint density at radius 2 is 2.20 bits per heavy atom. The van der Waals surface area contributed by atoms with Gasteiger partial charge in [0.25, 0.3) is 0 Å². The lowest BCUT2D eigenvalue weighted by Gasteiger charge is -2.16. The molecule has 1 aromatic carbocycles. The topological polar surface area (TPSA) is 87.7 Å². The lowest BCUT2D eigenvalue weighted by molar-refractivity contribution is -0.142. The van der Waals surface area contributed by atoms with Gasteiger partial charge in [-0.15, -0.1) is 0 Å². The summed E-state index contributed by atoms with van der Waals surface area (Å²) in [6.07, 6.45) is 0.241. The van der Waals surface area contributed by atoms with Crippen LogP contribution >= 0.6 is 0 Å². The van der Waals surface area contributed by atoms with Crippen LogP contribution in [0.1, 0.15) is 5.56 Å². The highest BCUT2D eigenvalue weighted by molar-refractivity contribution is 6.57. The third-order valence-corrected chi connectivity index (χ3v) is 2.54. The number of methoxy groups -OCH3 is 1. The SMILES string of the molecule is [B]C(=O)N[C@@H](Cc1cccc(NB(C)O)c1)C(=O)OC. The van der Waals surface area contributed by atoms with Gasteiger partial charge in [0.05, 0.1) is 7.11 Å². The minimum Gasteiger partial charge on any atom is -0.467 e. The molecular formula is C12H16B2N2O4. The normalized spacial score (nSPS) is 11.3. The molecule has 20 heavy (non-hydrogen) atoms. The van der Waals surface area contributed by atoms with Gasteiger partial charge < -0.3 is 20.3 Å². The molecule has 0 spiro atoms. The zero-order valence-corrected chi connectivity index (χ0v) is 11.4. The third kappa shape index (κ3) is 5.36. The van der Waals surface area contributed by atoms with E-state index < -0.39 is 24.9 Å². The number of hydrogen-bond acceptors (Lipinski definition) is 5. The van der Waals surface area contributed by atoms with Crippen molar-refractivity contribution in [1.82, 2.24) is 5.32 Å². The highest BCUT2D eigenvalue weighted by Crippen LogP contribution is 2.13. The van der Waals surface area contributed by atoms with Gasteiger partial charge in [0.1, 0.15) is 6.04 Å². The molecule has 0 aromatic heterocycles. The van der Waals surface area contributed by atoms with Crippen LogP contribution in [0.15, 0.2) is 24.3 Å². The summed E-state index contributed by atoms with van der Waals surface area (Å²) in [4.78, 5) is 22.5. The zero-order chi connectivity index (χ0) is 15.1. The Bertz CT molecular complexity index is 482. The predicted molar refractivity (Wildman–Crippen MR) is 77.7 cm³/mol. The quantitative estimate of drug-likeness (QED) is 0.508. The van der Waals surface area contributed by atoms with Crippen molar-refractivity contribution in [1.29, 1.82) is 0 Å². The Morgan fingerprint density at radius 1 is 1.50 bits per heavy atom. The molecule has 8 heteroatoms. The first kappa shape index (κ1) is 16.1. The zero-order valence-electron chi connectivity index (χ0n) is 11.4. The van der Waals surface area contributed by atoms with Crippen LogP contribution in [0.5, 0.6) is 0 Å². The van der Waals surface area contributed by atoms with Gasteiger partial charge in [-0.2, -0.15) is 0 Å². The van der Waals surface area contributed by atoms with Gasteiger partial charge >= 0.3 is 13.0 Å². The molecule has 3 N–H and O–H groups in total. The summed E-state index contributed by atoms with van der Waals surface area (Å²) in [6.45, 7) is 1.60. The highest BCUT2D eigenvalue weighted by atomic mass is 16.5. The molecule has 0 aliphatic heterocycles. The fourth-order valence-electron chi connectivity index (χ4n) is 1.77. The number of hydrogen-bond donors (Lipinski definition) is 3. The van der Waals surface area contributed by atoms with Crippen molar-refractivity contribution in [2.45, 2.75) is 19.3 Å². The maximum absolute atomic E-state index is 11.6. The molecule has 104 valence electrons. The van der Waals surface area contributed by atoms with Gasteiger partial charge in [0.2, 0.25) is 7.85 Å². The number of amides is 1. The van der Waals surface area contributed by atoms with Crippen molar-refractivity contribution in [3.8, 4) is 0 Å². The fraction of sp³-hybridized carbons (Fsp3) is 0.333. The molecule has 0 saturated heterocycles. The highest BCUT2D eigenvalue weighted by Gasteiger charge is 2.20. The Kier molecular flexibility index (Phi) is 6.11. The van der Waals surface area contributed by atoms with Crippen molar-refractivity contribution in [3.63, 3.8) is 0 Å². The molecular weight excluding hydrogens is 258 g/mol. The van der Waals surface area contributed by atoms with E-state index in [9.17, 15) is 14.6 Å². The monoisotopic (exact) mass is 274 g/mol. The van der Waals surface area contributed by atoms with Crippen LogP contribution in [0.4, 0.5) is 10.5 Å². The number of anilines is 1. The second-order valence-electron chi connectivity index (χ2n) is 4.31. The van der Waals surface area contributed by atoms with Gasteiger partial charge in [-0.3, -0.25) is 4.79 Å². The molecule has 2 radical (unpaired) electrons. The fourth-order valence-corrected chi connectivity index (χ4v) is 1.77. The first-order chi connectivity index (χ1) is 9.42. The maximum atomic E-state index is 11.6. The number of benzene rings is 1. The molecule has 0 unspecified atom stereocenters. The van der Waals surface area contributed by atoms with Gasteiger partial charge in [-0.25, -0.2) is 4.79 Å². The minimum absolute atomic E-state index is 0.241. The summed E-state index contributed by atoms with van der Waals surface area (Å²) in [7, 11) is 5.58. The molecule has 1 atom stereocenters. The van der Waals surface area contributed by atoms with Crippen molar-refractivity contribution in [2.24, 2.45) is 0 Å². The van der Waals surface area contributed by atoms with Crippen LogP contribution in [-0.4, -0.2) is 44.8 Å². The van der Waals surface area contributed by atoms with E-state index in [0.29, 0.717) is 5.69 Å². The van der Waals surface area contributed by atoms with Gasteiger partial charge in [0.15, 0.2) is 5.81 Å². The van der Waals surface area contributed by atoms with Crippen LogP contribution in [0.2, 0.25) is 6.82 Å². The molecule has 0 heterocycles. The summed E-state index contributed by atoms with van der Waals surface area (Å²) < 4.78 is 4.62. The summed E-state index contributed by atoms with van der Waals surface area (Å²) in [5.41, 5.74) is 1.50. The summed E-state index contributed by atoms with van der Waals surface area (Å²) in [6, 6.07) is 6.28. The van der Waals surface area contributed by atoms with Crippen LogP contribution in [0, 0.1) is 0 Å². The largest absolute Gasteiger partial charge is 0.467 e. The lowest BCUT2D eigenvalue weighted by Crippen LogP contribution is -2.42. The Labute approximate surface area is 119 Å². The third-order valence-electron chi connectivity index (χ3n) is 2.54. The van der Waals surface area contributed by atoms with E-state index in [-0.39, 0.29) is 6.42 Å². The molecule has 0 aliphatic carbocycles. The number of rotatable bonds is 6. The number of nitrogens with one attached hydrogen (secondary N) is 2. The van der Waals surface area contributed by atoms with Gasteiger partial charge in [-0.1, -0.05) is 12.1 Å². The maximum Gasteiger partial charge on any atom is 0.406 e. The second kappa shape index (κ2) is 7.59. The van der Waals surface area contributed by atoms with Crippen LogP contribution in [-0.2, 0) is 16.0 Å².